The predicted molar refractivity (Wildman–Crippen MR) is 51.0 cm³/mol. The van der Waals surface area contributed by atoms with Gasteiger partial charge in [0.2, 0.25) is 0 Å². The van der Waals surface area contributed by atoms with Crippen LogP contribution in [0, 0.1) is 17.3 Å². The number of carbonyl (C=O) groups is 1. The zero-order valence-electron chi connectivity index (χ0n) is 8.88. The minimum absolute atomic E-state index is 0.0652. The minimum Gasteiger partial charge on any atom is -0.481 e. The van der Waals surface area contributed by atoms with Gasteiger partial charge in [-0.2, -0.15) is 0 Å². The maximum atomic E-state index is 13.1. The Morgan fingerprint density at radius 2 is 2.18 bits per heavy atom. The Hall–Kier alpha value is -1.07. The van der Waals surface area contributed by atoms with E-state index in [2.05, 4.69) is 0 Å². The van der Waals surface area contributed by atoms with Gasteiger partial charge in [0.25, 0.3) is 0 Å². The van der Waals surface area contributed by atoms with Crippen molar-refractivity contribution in [1.29, 1.82) is 0 Å². The Morgan fingerprint density at radius 1 is 1.53 bits per heavy atom. The number of carboxylic acids is 1. The second kappa shape index (κ2) is 3.71. The van der Waals surface area contributed by atoms with Gasteiger partial charge in [-0.1, -0.05) is 12.2 Å². The zero-order chi connectivity index (χ0) is 12.8. The number of alkyl halides is 4. The highest BCUT2D eigenvalue weighted by atomic mass is 19.3. The molecule has 0 saturated heterocycles. The second-order valence-corrected chi connectivity index (χ2v) is 4.92. The minimum atomic E-state index is -4.13. The van der Waals surface area contributed by atoms with Gasteiger partial charge in [0.15, 0.2) is 0 Å². The van der Waals surface area contributed by atoms with Gasteiger partial charge in [-0.05, 0) is 18.8 Å². The van der Waals surface area contributed by atoms with Crippen molar-refractivity contribution in [3.05, 3.63) is 12.2 Å². The van der Waals surface area contributed by atoms with Crippen LogP contribution in [0.1, 0.15) is 19.3 Å². The summed E-state index contributed by atoms with van der Waals surface area (Å²) in [6.45, 7) is 0. The average Bonchev–Trinajstić information content (AvgIpc) is 2.72. The van der Waals surface area contributed by atoms with Gasteiger partial charge in [-0.25, -0.2) is 17.6 Å². The van der Waals surface area contributed by atoms with Crippen molar-refractivity contribution >= 4 is 5.97 Å². The van der Waals surface area contributed by atoms with Crippen LogP contribution in [-0.2, 0) is 4.79 Å². The monoisotopic (exact) mass is 252 g/mol. The quantitative estimate of drug-likeness (QED) is 0.617. The van der Waals surface area contributed by atoms with E-state index in [1.807, 2.05) is 0 Å². The maximum absolute atomic E-state index is 13.1. The van der Waals surface area contributed by atoms with E-state index in [1.165, 1.54) is 6.08 Å². The molecule has 0 radical (unpaired) electrons. The van der Waals surface area contributed by atoms with Crippen LogP contribution < -0.4 is 0 Å². The molecule has 1 N–H and O–H groups in total. The molecule has 2 bridgehead atoms. The number of carboxylic acid groups (broad SMARTS) is 1. The van der Waals surface area contributed by atoms with Crippen molar-refractivity contribution in [2.45, 2.75) is 31.6 Å². The lowest BCUT2D eigenvalue weighted by atomic mass is 9.73. The molecule has 0 amide bonds. The van der Waals surface area contributed by atoms with Gasteiger partial charge < -0.3 is 5.11 Å². The summed E-state index contributed by atoms with van der Waals surface area (Å²) < 4.78 is 50.6. The van der Waals surface area contributed by atoms with Gasteiger partial charge in [-0.15, -0.1) is 0 Å². The van der Waals surface area contributed by atoms with Gasteiger partial charge in [0, 0.05) is 11.8 Å². The number of rotatable bonds is 4. The molecule has 0 aromatic rings. The second-order valence-electron chi connectivity index (χ2n) is 4.92. The van der Waals surface area contributed by atoms with Crippen molar-refractivity contribution in [3.63, 3.8) is 0 Å². The first-order valence-electron chi connectivity index (χ1n) is 5.35. The van der Waals surface area contributed by atoms with Gasteiger partial charge >= 0.3 is 18.3 Å². The first kappa shape index (κ1) is 12.4. The van der Waals surface area contributed by atoms with E-state index in [-0.39, 0.29) is 18.8 Å². The summed E-state index contributed by atoms with van der Waals surface area (Å²) in [5.41, 5.74) is -1.30. The molecule has 0 aromatic heterocycles. The molecule has 2 aliphatic carbocycles. The van der Waals surface area contributed by atoms with E-state index >= 15 is 0 Å². The lowest BCUT2D eigenvalue weighted by molar-refractivity contribution is -0.160. The highest BCUT2D eigenvalue weighted by Gasteiger charge is 2.58. The fraction of sp³-hybridized carbons (Fsp3) is 0.727. The van der Waals surface area contributed by atoms with E-state index in [9.17, 15) is 22.4 Å². The number of aliphatic carboxylic acids is 1. The van der Waals surface area contributed by atoms with Crippen molar-refractivity contribution in [2.75, 3.05) is 0 Å². The topological polar surface area (TPSA) is 37.3 Å². The highest BCUT2D eigenvalue weighted by molar-refractivity contribution is 5.72. The smallest absolute Gasteiger partial charge is 0.308 e. The fourth-order valence-electron chi connectivity index (χ4n) is 3.03. The van der Waals surface area contributed by atoms with Crippen LogP contribution >= 0.6 is 0 Å². The number of allylic oxidation sites excluding steroid dienone is 2. The zero-order valence-corrected chi connectivity index (χ0v) is 8.88. The largest absolute Gasteiger partial charge is 0.481 e. The number of hydrogen-bond donors (Lipinski definition) is 1. The summed E-state index contributed by atoms with van der Waals surface area (Å²) in [5, 5.41) is 8.97. The molecule has 1 fully saturated rings. The summed E-state index contributed by atoms with van der Waals surface area (Å²) in [7, 11) is 0. The third-order valence-electron chi connectivity index (χ3n) is 3.76. The van der Waals surface area contributed by atoms with Gasteiger partial charge in [0.05, 0.1) is 5.92 Å². The summed E-state index contributed by atoms with van der Waals surface area (Å²) in [6.07, 6.45) is -1.25. The van der Waals surface area contributed by atoms with E-state index in [4.69, 9.17) is 5.11 Å². The molecule has 0 heterocycles. The lowest BCUT2D eigenvalue weighted by Gasteiger charge is -2.32. The molecule has 1 saturated carbocycles. The highest BCUT2D eigenvalue weighted by Crippen LogP contribution is 2.58. The summed E-state index contributed by atoms with van der Waals surface area (Å²) in [5.74, 6) is -6.34. The lowest BCUT2D eigenvalue weighted by Crippen LogP contribution is -2.39. The van der Waals surface area contributed by atoms with Gasteiger partial charge in [-0.3, -0.25) is 4.79 Å². The summed E-state index contributed by atoms with van der Waals surface area (Å²) >= 11 is 0. The van der Waals surface area contributed by atoms with Crippen LogP contribution in [0.3, 0.4) is 0 Å². The molecule has 0 spiro atoms. The van der Waals surface area contributed by atoms with Crippen LogP contribution in [0.2, 0.25) is 0 Å². The normalized spacial score (nSPS) is 35.8. The number of halogens is 4. The summed E-state index contributed by atoms with van der Waals surface area (Å²) in [4.78, 5) is 11.0. The maximum Gasteiger partial charge on any atom is 0.308 e. The first-order chi connectivity index (χ1) is 7.77. The third-order valence-corrected chi connectivity index (χ3v) is 3.76. The SMILES string of the molecule is O=C(O)C1CC2C=CC1(CC(F)(F)C(F)F)C2. The number of fused-ring (bicyclic) bond motifs is 2. The van der Waals surface area contributed by atoms with Gasteiger partial charge in [0.1, 0.15) is 0 Å². The average molecular weight is 252 g/mol. The predicted octanol–water partition coefficient (Wildman–Crippen LogP) is 2.94. The molecule has 3 unspecified atom stereocenters. The first-order valence-corrected chi connectivity index (χ1v) is 5.35. The van der Waals surface area contributed by atoms with Crippen molar-refractivity contribution < 1.29 is 27.5 Å². The van der Waals surface area contributed by atoms with E-state index < -0.39 is 36.1 Å². The Balaban J connectivity index is 2.23. The van der Waals surface area contributed by atoms with Crippen molar-refractivity contribution in [3.8, 4) is 0 Å². The molecule has 3 atom stereocenters. The van der Waals surface area contributed by atoms with E-state index in [0.717, 1.165) is 0 Å². The molecular weight excluding hydrogens is 240 g/mol. The Morgan fingerprint density at radius 3 is 2.65 bits per heavy atom. The van der Waals surface area contributed by atoms with E-state index in [1.54, 1.807) is 6.08 Å². The van der Waals surface area contributed by atoms with Crippen LogP contribution in [-0.4, -0.2) is 23.4 Å². The molecule has 2 nitrogen and oxygen atoms in total. The van der Waals surface area contributed by atoms with Crippen LogP contribution in [0.25, 0.3) is 0 Å². The Kier molecular flexibility index (Phi) is 2.71. The molecule has 2 rings (SSSR count). The van der Waals surface area contributed by atoms with Crippen molar-refractivity contribution in [2.24, 2.45) is 17.3 Å². The number of hydrogen-bond acceptors (Lipinski definition) is 1. The Bertz CT molecular complexity index is 366. The van der Waals surface area contributed by atoms with Crippen LogP contribution in [0.15, 0.2) is 12.2 Å². The fourth-order valence-corrected chi connectivity index (χ4v) is 3.03. The summed E-state index contributed by atoms with van der Waals surface area (Å²) in [6, 6.07) is 0. The molecule has 0 aromatic carbocycles. The van der Waals surface area contributed by atoms with Crippen LogP contribution in [0.5, 0.6) is 0 Å². The molecule has 6 heteroatoms. The molecule has 2 aliphatic rings. The van der Waals surface area contributed by atoms with Crippen LogP contribution in [0.4, 0.5) is 17.6 Å². The molecule has 0 aliphatic heterocycles. The molecule has 17 heavy (non-hydrogen) atoms. The molecule has 96 valence electrons. The molecular formula is C11H12F4O2. The standard InChI is InChI=1S/C11H12F4O2/c12-9(13)11(14,15)5-10-2-1-6(4-10)3-7(10)8(16)17/h1-2,6-7,9H,3-5H2,(H,16,17). The Labute approximate surface area is 95.3 Å². The van der Waals surface area contributed by atoms with Crippen molar-refractivity contribution in [1.82, 2.24) is 0 Å². The van der Waals surface area contributed by atoms with E-state index in [0.29, 0.717) is 0 Å². The third kappa shape index (κ3) is 1.93.